The van der Waals surface area contributed by atoms with Crippen LogP contribution in [-0.2, 0) is 20.8 Å². The molecule has 19 heavy (non-hydrogen) atoms. The number of anilines is 1. The summed E-state index contributed by atoms with van der Waals surface area (Å²) in [6, 6.07) is 4.64. The molecule has 2 atom stereocenters. The highest BCUT2D eigenvalue weighted by atomic mass is 32.2. The van der Waals surface area contributed by atoms with Crippen LogP contribution >= 0.6 is 0 Å². The Morgan fingerprint density at radius 2 is 2.05 bits per heavy atom. The Labute approximate surface area is 117 Å². The molecule has 0 saturated heterocycles. The summed E-state index contributed by atoms with van der Waals surface area (Å²) >= 11 is 0. The highest BCUT2D eigenvalue weighted by Gasteiger charge is 2.15. The molecule has 1 aromatic rings. The van der Waals surface area contributed by atoms with Gasteiger partial charge in [0.15, 0.2) is 0 Å². The monoisotopic (exact) mass is 304 g/mol. The lowest BCUT2D eigenvalue weighted by atomic mass is 10.2. The molecule has 3 N–H and O–H groups in total. The Kier molecular flexibility index (Phi) is 5.51. The first-order valence-electron chi connectivity index (χ1n) is 5.92. The number of hydrogen-bond acceptors (Lipinski definition) is 4. The molecule has 1 aromatic carbocycles. The quantitative estimate of drug-likeness (QED) is 0.768. The van der Waals surface area contributed by atoms with E-state index in [9.17, 15) is 12.6 Å². The van der Waals surface area contributed by atoms with Crippen molar-refractivity contribution in [2.24, 2.45) is 0 Å². The van der Waals surface area contributed by atoms with Gasteiger partial charge in [0.2, 0.25) is 10.0 Å². The summed E-state index contributed by atoms with van der Waals surface area (Å²) in [5, 5.41) is -0.0363. The summed E-state index contributed by atoms with van der Waals surface area (Å²) in [5.41, 5.74) is 6.99. The smallest absolute Gasteiger partial charge is 0.240 e. The fourth-order valence-corrected chi connectivity index (χ4v) is 2.96. The summed E-state index contributed by atoms with van der Waals surface area (Å²) in [7, 11) is -4.49. The van der Waals surface area contributed by atoms with Gasteiger partial charge >= 0.3 is 0 Å². The second-order valence-corrected chi connectivity index (χ2v) is 8.08. The van der Waals surface area contributed by atoms with E-state index in [-0.39, 0.29) is 16.7 Å². The number of rotatable bonds is 6. The van der Waals surface area contributed by atoms with Gasteiger partial charge in [-0.05, 0) is 31.0 Å². The van der Waals surface area contributed by atoms with Crippen molar-refractivity contribution in [1.82, 2.24) is 4.72 Å². The molecule has 7 heteroatoms. The number of hydrogen-bond donors (Lipinski definition) is 2. The van der Waals surface area contributed by atoms with Crippen LogP contribution in [0.4, 0.5) is 5.69 Å². The maximum atomic E-state index is 12.0. The third-order valence-electron chi connectivity index (χ3n) is 2.97. The molecule has 0 saturated carbocycles. The van der Waals surface area contributed by atoms with Gasteiger partial charge in [0, 0.05) is 34.5 Å². The summed E-state index contributed by atoms with van der Waals surface area (Å²) in [5.74, 6) is 0. The van der Waals surface area contributed by atoms with Crippen molar-refractivity contribution >= 4 is 26.5 Å². The average molecular weight is 304 g/mol. The molecule has 0 amide bonds. The summed E-state index contributed by atoms with van der Waals surface area (Å²) < 4.78 is 37.7. The van der Waals surface area contributed by atoms with Gasteiger partial charge in [-0.3, -0.25) is 4.21 Å². The van der Waals surface area contributed by atoms with Crippen molar-refractivity contribution < 1.29 is 12.6 Å². The average Bonchev–Trinajstić information content (AvgIpc) is 2.32. The number of aryl methyl sites for hydroxylation is 1. The van der Waals surface area contributed by atoms with Crippen molar-refractivity contribution in [3.63, 3.8) is 0 Å². The van der Waals surface area contributed by atoms with E-state index < -0.39 is 20.8 Å². The second-order valence-electron chi connectivity index (χ2n) is 4.51. The Hall–Kier alpha value is -0.920. The molecule has 0 heterocycles. The topological polar surface area (TPSA) is 89.3 Å². The molecule has 0 spiro atoms. The fraction of sp³-hybridized carbons (Fsp3) is 0.500. The van der Waals surface area contributed by atoms with Crippen molar-refractivity contribution in [2.45, 2.75) is 30.4 Å². The van der Waals surface area contributed by atoms with Crippen molar-refractivity contribution in [3.05, 3.63) is 23.8 Å². The van der Waals surface area contributed by atoms with Crippen LogP contribution in [0.3, 0.4) is 0 Å². The molecular formula is C12H20N2O3S2. The minimum atomic E-state index is -3.55. The normalized spacial score (nSPS) is 15.1. The highest BCUT2D eigenvalue weighted by molar-refractivity contribution is 7.89. The standard InChI is InChI=1S/C12H20N2O3S2/c1-9-4-5-11(8-12(9)13)19(16,17)14-7-6-10(2)18(3)15/h4-5,8,10,14H,6-7,13H2,1-3H3. The molecule has 0 aromatic heterocycles. The lowest BCUT2D eigenvalue weighted by Crippen LogP contribution is -2.27. The van der Waals surface area contributed by atoms with Crippen molar-refractivity contribution in [1.29, 1.82) is 0 Å². The minimum absolute atomic E-state index is 0.0363. The zero-order valence-electron chi connectivity index (χ0n) is 11.3. The Balaban J connectivity index is 2.71. The van der Waals surface area contributed by atoms with E-state index in [0.717, 1.165) is 5.56 Å². The SMILES string of the molecule is Cc1ccc(S(=O)(=O)NCCC(C)S(C)=O)cc1N. The Morgan fingerprint density at radius 3 is 2.58 bits per heavy atom. The molecule has 0 fully saturated rings. The first-order valence-corrected chi connectivity index (χ1v) is 9.02. The van der Waals surface area contributed by atoms with Crippen LogP contribution in [0, 0.1) is 6.92 Å². The van der Waals surface area contributed by atoms with Gasteiger partial charge in [-0.15, -0.1) is 0 Å². The van der Waals surface area contributed by atoms with Gasteiger partial charge < -0.3 is 5.73 Å². The van der Waals surface area contributed by atoms with Crippen LogP contribution in [0.1, 0.15) is 18.9 Å². The third-order valence-corrected chi connectivity index (χ3v) is 5.80. The number of sulfonamides is 1. The maximum Gasteiger partial charge on any atom is 0.240 e. The summed E-state index contributed by atoms with van der Waals surface area (Å²) in [4.78, 5) is 0.154. The second kappa shape index (κ2) is 6.49. The molecule has 0 aliphatic rings. The van der Waals surface area contributed by atoms with Gasteiger partial charge in [0.1, 0.15) is 0 Å². The minimum Gasteiger partial charge on any atom is -0.398 e. The molecular weight excluding hydrogens is 284 g/mol. The van der Waals surface area contributed by atoms with Gasteiger partial charge in [0.25, 0.3) is 0 Å². The van der Waals surface area contributed by atoms with E-state index in [1.54, 1.807) is 12.3 Å². The van der Waals surface area contributed by atoms with E-state index in [1.165, 1.54) is 12.1 Å². The van der Waals surface area contributed by atoms with E-state index >= 15 is 0 Å². The van der Waals surface area contributed by atoms with Gasteiger partial charge in [0.05, 0.1) is 4.90 Å². The van der Waals surface area contributed by atoms with Crippen LogP contribution in [0.2, 0.25) is 0 Å². The molecule has 2 unspecified atom stereocenters. The van der Waals surface area contributed by atoms with Crippen LogP contribution in [0.25, 0.3) is 0 Å². The molecule has 108 valence electrons. The predicted molar refractivity (Wildman–Crippen MR) is 78.9 cm³/mol. The third kappa shape index (κ3) is 4.59. The van der Waals surface area contributed by atoms with Gasteiger partial charge in [-0.2, -0.15) is 0 Å². The Bertz CT molecular complexity index is 570. The first-order chi connectivity index (χ1) is 8.74. The van der Waals surface area contributed by atoms with E-state index in [2.05, 4.69) is 4.72 Å². The van der Waals surface area contributed by atoms with Crippen LogP contribution in [0.5, 0.6) is 0 Å². The first kappa shape index (κ1) is 16.1. The predicted octanol–water partition coefficient (Wildman–Crippen LogP) is 1.01. The molecule has 0 aliphatic heterocycles. The van der Waals surface area contributed by atoms with Gasteiger partial charge in [-0.25, -0.2) is 13.1 Å². The van der Waals surface area contributed by atoms with Crippen LogP contribution in [0.15, 0.2) is 23.1 Å². The van der Waals surface area contributed by atoms with Crippen LogP contribution < -0.4 is 10.5 Å². The number of nitrogens with two attached hydrogens (primary N) is 1. The van der Waals surface area contributed by atoms with Crippen LogP contribution in [-0.4, -0.2) is 30.7 Å². The molecule has 0 aliphatic carbocycles. The molecule has 0 bridgehead atoms. The van der Waals surface area contributed by atoms with E-state index in [1.807, 2.05) is 13.8 Å². The van der Waals surface area contributed by atoms with Gasteiger partial charge in [-0.1, -0.05) is 13.0 Å². The van der Waals surface area contributed by atoms with Crippen molar-refractivity contribution in [3.8, 4) is 0 Å². The lowest BCUT2D eigenvalue weighted by Gasteiger charge is -2.11. The Morgan fingerprint density at radius 1 is 1.42 bits per heavy atom. The number of nitrogen functional groups attached to an aromatic ring is 1. The van der Waals surface area contributed by atoms with E-state index in [4.69, 9.17) is 5.73 Å². The molecule has 1 rings (SSSR count). The zero-order chi connectivity index (χ0) is 14.6. The zero-order valence-corrected chi connectivity index (χ0v) is 13.0. The molecule has 5 nitrogen and oxygen atoms in total. The number of benzene rings is 1. The van der Waals surface area contributed by atoms with E-state index in [0.29, 0.717) is 12.1 Å². The van der Waals surface area contributed by atoms with Crippen molar-refractivity contribution in [2.75, 3.05) is 18.5 Å². The summed E-state index contributed by atoms with van der Waals surface area (Å²) in [6.45, 7) is 3.91. The lowest BCUT2D eigenvalue weighted by molar-refractivity contribution is 0.578. The summed E-state index contributed by atoms with van der Waals surface area (Å²) in [6.07, 6.45) is 2.14. The maximum absolute atomic E-state index is 12.0. The fourth-order valence-electron chi connectivity index (χ4n) is 1.43. The highest BCUT2D eigenvalue weighted by Crippen LogP contribution is 2.17. The largest absolute Gasteiger partial charge is 0.398 e. The molecule has 0 radical (unpaired) electrons. The number of nitrogens with one attached hydrogen (secondary N) is 1.